The number of alkyl halides is 3. The fourth-order valence-electron chi connectivity index (χ4n) is 4.80. The molecule has 2 aromatic rings. The van der Waals surface area contributed by atoms with E-state index in [1.54, 1.807) is 6.20 Å². The van der Waals surface area contributed by atoms with Crippen LogP contribution in [0, 0.1) is 5.92 Å². The molecule has 2 saturated heterocycles. The molecule has 1 spiro atoms. The van der Waals surface area contributed by atoms with Gasteiger partial charge in [-0.3, -0.25) is 4.79 Å². The van der Waals surface area contributed by atoms with E-state index in [0.29, 0.717) is 13.1 Å². The lowest BCUT2D eigenvalue weighted by Gasteiger charge is -2.44. The molecule has 1 N–H and O–H groups in total. The van der Waals surface area contributed by atoms with E-state index in [-0.39, 0.29) is 17.5 Å². The van der Waals surface area contributed by atoms with Gasteiger partial charge < -0.3 is 14.8 Å². The zero-order valence-electron chi connectivity index (χ0n) is 13.3. The van der Waals surface area contributed by atoms with Crippen LogP contribution < -0.4 is 4.90 Å². The largest absolute Gasteiger partial charge is 0.397 e. The monoisotopic (exact) mass is 351 g/mol. The average molecular weight is 351 g/mol. The standard InChI is InChI=1S/C16H16F3N5O/c17-16(18,19)5-12(25)24-11-7-23(6-9-1-3-15(9,11)24)14-10-2-4-20-13(10)21-8-22-14/h2,4,8-9,11H,1,3,5-7H2,(H,20,21,22)/t9-,11-,15?,24?/m0/s1. The second-order valence-electron chi connectivity index (χ2n) is 7.14. The predicted molar refractivity (Wildman–Crippen MR) is 82.9 cm³/mol. The molecule has 5 rings (SSSR count). The van der Waals surface area contributed by atoms with Crippen molar-refractivity contribution in [1.29, 1.82) is 0 Å². The second kappa shape index (κ2) is 4.64. The molecular weight excluding hydrogens is 335 g/mol. The van der Waals surface area contributed by atoms with Gasteiger partial charge in [-0.15, -0.1) is 0 Å². The fraction of sp³-hybridized carbons (Fsp3) is 0.562. The van der Waals surface area contributed by atoms with Crippen LogP contribution in [0.15, 0.2) is 18.6 Å². The Bertz CT molecular complexity index is 865. The maximum Gasteiger partial charge on any atom is 0.397 e. The minimum atomic E-state index is -4.46. The van der Waals surface area contributed by atoms with Crippen LogP contribution in [-0.4, -0.2) is 56.6 Å². The molecule has 25 heavy (non-hydrogen) atoms. The lowest BCUT2D eigenvalue weighted by molar-refractivity contribution is -0.159. The van der Waals surface area contributed by atoms with E-state index in [2.05, 4.69) is 19.9 Å². The quantitative estimate of drug-likeness (QED) is 0.842. The molecular formula is C16H16F3N5O. The predicted octanol–water partition coefficient (Wildman–Crippen LogP) is 2.09. The van der Waals surface area contributed by atoms with E-state index in [4.69, 9.17) is 0 Å². The molecule has 3 aliphatic rings. The summed E-state index contributed by atoms with van der Waals surface area (Å²) in [5.74, 6) is 0.202. The molecule has 6 nitrogen and oxygen atoms in total. The molecule has 0 radical (unpaired) electrons. The highest BCUT2D eigenvalue weighted by molar-refractivity contribution is 5.88. The number of nitrogens with one attached hydrogen (secondary N) is 1. The van der Waals surface area contributed by atoms with Crippen molar-refractivity contribution in [3.63, 3.8) is 0 Å². The summed E-state index contributed by atoms with van der Waals surface area (Å²) in [6, 6.07) is 1.76. The molecule has 2 aliphatic heterocycles. The number of piperidine rings is 1. The zero-order chi connectivity index (χ0) is 17.4. The van der Waals surface area contributed by atoms with Gasteiger partial charge in [0.15, 0.2) is 0 Å². The minimum absolute atomic E-state index is 0.140. The highest BCUT2D eigenvalue weighted by Crippen LogP contribution is 2.62. The number of halogens is 3. The fourth-order valence-corrected chi connectivity index (χ4v) is 4.80. The molecule has 3 fully saturated rings. The minimum Gasteiger partial charge on any atom is -0.353 e. The van der Waals surface area contributed by atoms with Gasteiger partial charge in [0.05, 0.1) is 17.0 Å². The molecule has 132 valence electrons. The average Bonchev–Trinajstić information content (AvgIpc) is 2.99. The number of hydrogen-bond donors (Lipinski definition) is 1. The summed E-state index contributed by atoms with van der Waals surface area (Å²) in [6.07, 6.45) is -0.809. The Labute approximate surface area is 141 Å². The number of nitrogens with zero attached hydrogens (tertiary/aromatic N) is 4. The molecule has 1 unspecified atom stereocenters. The van der Waals surface area contributed by atoms with E-state index in [1.165, 1.54) is 11.2 Å². The molecule has 2 aromatic heterocycles. The van der Waals surface area contributed by atoms with Crippen molar-refractivity contribution in [3.05, 3.63) is 18.6 Å². The smallest absolute Gasteiger partial charge is 0.353 e. The Morgan fingerprint density at radius 1 is 1.36 bits per heavy atom. The van der Waals surface area contributed by atoms with Crippen LogP contribution in [0.2, 0.25) is 0 Å². The number of amides is 1. The maximum absolute atomic E-state index is 12.6. The van der Waals surface area contributed by atoms with Crippen molar-refractivity contribution in [2.75, 3.05) is 18.0 Å². The first-order chi connectivity index (χ1) is 11.9. The van der Waals surface area contributed by atoms with Crippen LogP contribution in [0.3, 0.4) is 0 Å². The Balaban J connectivity index is 1.42. The van der Waals surface area contributed by atoms with Crippen molar-refractivity contribution in [2.45, 2.75) is 37.0 Å². The van der Waals surface area contributed by atoms with Crippen LogP contribution in [0.1, 0.15) is 19.3 Å². The van der Waals surface area contributed by atoms with E-state index < -0.39 is 18.5 Å². The molecule has 0 bridgehead atoms. The number of aromatic nitrogens is 3. The molecule has 1 saturated carbocycles. The van der Waals surface area contributed by atoms with Gasteiger partial charge in [-0.2, -0.15) is 13.2 Å². The zero-order valence-corrected chi connectivity index (χ0v) is 13.3. The Morgan fingerprint density at radius 3 is 2.92 bits per heavy atom. The molecule has 9 heteroatoms. The van der Waals surface area contributed by atoms with Gasteiger partial charge in [0.1, 0.15) is 24.2 Å². The van der Waals surface area contributed by atoms with Crippen LogP contribution in [0.4, 0.5) is 19.0 Å². The number of carbonyl (C=O) groups excluding carboxylic acids is 1. The number of rotatable bonds is 2. The lowest BCUT2D eigenvalue weighted by atomic mass is 9.68. The third kappa shape index (κ3) is 2.01. The molecule has 4 heterocycles. The topological polar surface area (TPSA) is 64.9 Å². The second-order valence-corrected chi connectivity index (χ2v) is 7.14. The molecule has 0 aromatic carbocycles. The maximum atomic E-state index is 12.6. The van der Waals surface area contributed by atoms with E-state index in [1.807, 2.05) is 6.07 Å². The Morgan fingerprint density at radius 2 is 2.20 bits per heavy atom. The number of carbonyl (C=O) groups is 1. The third-order valence-electron chi connectivity index (χ3n) is 5.96. The number of H-pyrrole nitrogens is 1. The first-order valence-electron chi connectivity index (χ1n) is 8.32. The summed E-state index contributed by atoms with van der Waals surface area (Å²) in [6.45, 7) is 1.24. The van der Waals surface area contributed by atoms with Crippen LogP contribution in [-0.2, 0) is 4.79 Å². The van der Waals surface area contributed by atoms with Crippen molar-refractivity contribution >= 4 is 22.8 Å². The van der Waals surface area contributed by atoms with Gasteiger partial charge in [-0.05, 0) is 18.9 Å². The Kier molecular flexibility index (Phi) is 2.78. The number of hydrogen-bond acceptors (Lipinski definition) is 4. The first kappa shape index (κ1) is 15.0. The summed E-state index contributed by atoms with van der Waals surface area (Å²) >= 11 is 0. The van der Waals surface area contributed by atoms with Gasteiger partial charge in [-0.1, -0.05) is 0 Å². The lowest BCUT2D eigenvalue weighted by Crippen LogP contribution is -2.53. The van der Waals surface area contributed by atoms with Crippen molar-refractivity contribution in [1.82, 2.24) is 19.9 Å². The van der Waals surface area contributed by atoms with Crippen molar-refractivity contribution < 1.29 is 18.0 Å². The summed E-state index contributed by atoms with van der Waals surface area (Å²) in [7, 11) is 0. The number of anilines is 1. The first-order valence-corrected chi connectivity index (χ1v) is 8.32. The highest BCUT2D eigenvalue weighted by atomic mass is 19.4. The van der Waals surface area contributed by atoms with Gasteiger partial charge in [-0.25, -0.2) is 9.97 Å². The van der Waals surface area contributed by atoms with Crippen LogP contribution in [0.25, 0.3) is 11.0 Å². The molecule has 1 amide bonds. The molecule has 1 aliphatic carbocycles. The van der Waals surface area contributed by atoms with Crippen LogP contribution in [0.5, 0.6) is 0 Å². The summed E-state index contributed by atoms with van der Waals surface area (Å²) in [5, 5.41) is 0.892. The van der Waals surface area contributed by atoms with Crippen LogP contribution >= 0.6 is 0 Å². The van der Waals surface area contributed by atoms with Crippen molar-refractivity contribution in [3.8, 4) is 0 Å². The number of fused-ring (bicyclic) bond motifs is 1. The van der Waals surface area contributed by atoms with E-state index >= 15 is 0 Å². The van der Waals surface area contributed by atoms with E-state index in [9.17, 15) is 18.0 Å². The van der Waals surface area contributed by atoms with Gasteiger partial charge >= 0.3 is 6.18 Å². The summed E-state index contributed by atoms with van der Waals surface area (Å²) in [5.41, 5.74) is 0.402. The third-order valence-corrected chi connectivity index (χ3v) is 5.96. The summed E-state index contributed by atoms with van der Waals surface area (Å²) < 4.78 is 37.8. The van der Waals surface area contributed by atoms with Gasteiger partial charge in [0, 0.05) is 25.2 Å². The normalized spacial score (nSPS) is 30.7. The number of aromatic amines is 1. The van der Waals surface area contributed by atoms with E-state index in [0.717, 1.165) is 29.7 Å². The molecule has 3 atom stereocenters. The highest BCUT2D eigenvalue weighted by Gasteiger charge is 2.74. The van der Waals surface area contributed by atoms with Gasteiger partial charge in [0.2, 0.25) is 5.91 Å². The summed E-state index contributed by atoms with van der Waals surface area (Å²) in [4.78, 5) is 27.3. The SMILES string of the molecule is O=C(CC(F)(F)F)N1[C@H]2CN(c3ncnc4[nH]ccc34)C[C@@H]3CCC321. The Hall–Kier alpha value is -2.32. The van der Waals surface area contributed by atoms with Gasteiger partial charge in [0.25, 0.3) is 0 Å². The van der Waals surface area contributed by atoms with Crippen molar-refractivity contribution in [2.24, 2.45) is 5.92 Å².